The van der Waals surface area contributed by atoms with Crippen LogP contribution in [0.5, 0.6) is 0 Å². The number of hydrogen-bond donors (Lipinski definition) is 2. The maximum atomic E-state index is 13.9. The number of benzene rings is 2. The summed E-state index contributed by atoms with van der Waals surface area (Å²) in [7, 11) is 0. The van der Waals surface area contributed by atoms with Gasteiger partial charge in [0, 0.05) is 30.1 Å². The first-order chi connectivity index (χ1) is 14.5. The smallest absolute Gasteiger partial charge is 0.247 e. The highest BCUT2D eigenvalue weighted by molar-refractivity contribution is 8.00. The summed E-state index contributed by atoms with van der Waals surface area (Å²) in [4.78, 5) is 38.8. The van der Waals surface area contributed by atoms with Gasteiger partial charge < -0.3 is 15.5 Å². The lowest BCUT2D eigenvalue weighted by Gasteiger charge is -2.28. The molecule has 2 saturated heterocycles. The SMILES string of the molecule is O=C(Nc1cccc(N2CCCC2=O)c1)[C@@H]1CS[C@H](Cc2ccccc2F)C(=O)N1. The Bertz CT molecular complexity index is 984. The highest BCUT2D eigenvalue weighted by Crippen LogP contribution is 2.26. The zero-order valence-electron chi connectivity index (χ0n) is 16.3. The molecule has 3 amide bonds. The summed E-state index contributed by atoms with van der Waals surface area (Å²) < 4.78 is 13.9. The monoisotopic (exact) mass is 427 g/mol. The number of anilines is 2. The Morgan fingerprint density at radius 2 is 2.03 bits per heavy atom. The number of thioether (sulfide) groups is 1. The van der Waals surface area contributed by atoms with Crippen LogP contribution in [0.4, 0.5) is 15.8 Å². The van der Waals surface area contributed by atoms with Crippen LogP contribution in [0.25, 0.3) is 0 Å². The highest BCUT2D eigenvalue weighted by atomic mass is 32.2. The van der Waals surface area contributed by atoms with Gasteiger partial charge in [-0.2, -0.15) is 0 Å². The Morgan fingerprint density at radius 3 is 2.77 bits per heavy atom. The minimum absolute atomic E-state index is 0.0790. The summed E-state index contributed by atoms with van der Waals surface area (Å²) in [6, 6.07) is 12.9. The summed E-state index contributed by atoms with van der Waals surface area (Å²) in [6.45, 7) is 0.676. The molecule has 2 aliphatic heterocycles. The first-order valence-electron chi connectivity index (χ1n) is 9.88. The minimum Gasteiger partial charge on any atom is -0.343 e. The molecule has 2 aromatic carbocycles. The van der Waals surface area contributed by atoms with Crippen LogP contribution in [0, 0.1) is 5.82 Å². The van der Waals surface area contributed by atoms with E-state index >= 15 is 0 Å². The Labute approximate surface area is 178 Å². The van der Waals surface area contributed by atoms with Crippen molar-refractivity contribution in [3.63, 3.8) is 0 Å². The molecule has 2 fully saturated rings. The van der Waals surface area contributed by atoms with Crippen LogP contribution in [-0.4, -0.2) is 41.3 Å². The lowest BCUT2D eigenvalue weighted by Crippen LogP contribution is -2.52. The van der Waals surface area contributed by atoms with Crippen molar-refractivity contribution in [3.8, 4) is 0 Å². The Hall–Kier alpha value is -2.87. The number of carbonyl (C=O) groups excluding carboxylic acids is 3. The van der Waals surface area contributed by atoms with Gasteiger partial charge in [-0.25, -0.2) is 4.39 Å². The van der Waals surface area contributed by atoms with E-state index in [0.717, 1.165) is 12.1 Å². The van der Waals surface area contributed by atoms with Crippen molar-refractivity contribution in [2.75, 3.05) is 22.5 Å². The summed E-state index contributed by atoms with van der Waals surface area (Å²) in [6.07, 6.45) is 1.65. The third kappa shape index (κ3) is 4.48. The van der Waals surface area contributed by atoms with E-state index in [1.54, 1.807) is 41.3 Å². The van der Waals surface area contributed by atoms with Crippen LogP contribution in [-0.2, 0) is 20.8 Å². The first kappa shape index (κ1) is 20.4. The Balaban J connectivity index is 1.36. The zero-order chi connectivity index (χ0) is 21.1. The topological polar surface area (TPSA) is 78.5 Å². The van der Waals surface area contributed by atoms with Gasteiger partial charge >= 0.3 is 0 Å². The number of rotatable bonds is 5. The molecular weight excluding hydrogens is 405 g/mol. The van der Waals surface area contributed by atoms with Crippen molar-refractivity contribution in [2.45, 2.75) is 30.6 Å². The Morgan fingerprint density at radius 1 is 1.20 bits per heavy atom. The van der Waals surface area contributed by atoms with E-state index in [1.807, 2.05) is 6.07 Å². The second kappa shape index (κ2) is 8.87. The summed E-state index contributed by atoms with van der Waals surface area (Å²) in [5, 5.41) is 5.13. The molecule has 156 valence electrons. The second-order valence-electron chi connectivity index (χ2n) is 7.37. The van der Waals surface area contributed by atoms with E-state index in [4.69, 9.17) is 0 Å². The van der Waals surface area contributed by atoms with Crippen molar-refractivity contribution >= 4 is 40.9 Å². The Kier molecular flexibility index (Phi) is 6.03. The summed E-state index contributed by atoms with van der Waals surface area (Å²) in [5.41, 5.74) is 1.81. The predicted octanol–water partition coefficient (Wildman–Crippen LogP) is 2.73. The van der Waals surface area contributed by atoms with Crippen LogP contribution in [0.1, 0.15) is 18.4 Å². The number of halogens is 1. The van der Waals surface area contributed by atoms with Crippen molar-refractivity contribution in [1.82, 2.24) is 5.32 Å². The molecule has 2 aliphatic rings. The van der Waals surface area contributed by atoms with E-state index in [2.05, 4.69) is 10.6 Å². The largest absolute Gasteiger partial charge is 0.343 e. The number of hydrogen-bond acceptors (Lipinski definition) is 4. The van der Waals surface area contributed by atoms with Gasteiger partial charge in [-0.3, -0.25) is 14.4 Å². The first-order valence-corrected chi connectivity index (χ1v) is 10.9. The molecule has 4 rings (SSSR count). The van der Waals surface area contributed by atoms with E-state index in [9.17, 15) is 18.8 Å². The number of amides is 3. The van der Waals surface area contributed by atoms with E-state index < -0.39 is 11.3 Å². The van der Waals surface area contributed by atoms with E-state index in [1.165, 1.54) is 17.8 Å². The normalized spacial score (nSPS) is 21.4. The molecule has 6 nitrogen and oxygen atoms in total. The van der Waals surface area contributed by atoms with Gasteiger partial charge in [0.2, 0.25) is 17.7 Å². The molecule has 2 N–H and O–H groups in total. The van der Waals surface area contributed by atoms with Gasteiger partial charge in [-0.05, 0) is 42.7 Å². The molecule has 0 unspecified atom stereocenters. The molecule has 0 radical (unpaired) electrons. The second-order valence-corrected chi connectivity index (χ2v) is 8.60. The fourth-order valence-electron chi connectivity index (χ4n) is 3.65. The third-order valence-corrected chi connectivity index (χ3v) is 6.56. The fourth-order valence-corrected chi connectivity index (χ4v) is 4.83. The fraction of sp³-hybridized carbons (Fsp3) is 0.318. The van der Waals surface area contributed by atoms with Crippen LogP contribution < -0.4 is 15.5 Å². The van der Waals surface area contributed by atoms with Crippen molar-refractivity contribution in [2.24, 2.45) is 0 Å². The van der Waals surface area contributed by atoms with Crippen molar-refractivity contribution in [3.05, 3.63) is 59.9 Å². The highest BCUT2D eigenvalue weighted by Gasteiger charge is 2.33. The maximum absolute atomic E-state index is 13.9. The molecule has 0 aliphatic carbocycles. The molecular formula is C22H22FN3O3S. The van der Waals surface area contributed by atoms with Crippen molar-refractivity contribution < 1.29 is 18.8 Å². The molecule has 8 heteroatoms. The lowest BCUT2D eigenvalue weighted by atomic mass is 10.1. The quantitative estimate of drug-likeness (QED) is 0.769. The van der Waals surface area contributed by atoms with Gasteiger partial charge in [0.1, 0.15) is 11.9 Å². The van der Waals surface area contributed by atoms with Crippen LogP contribution in [0.15, 0.2) is 48.5 Å². The number of nitrogens with zero attached hydrogens (tertiary/aromatic N) is 1. The van der Waals surface area contributed by atoms with Gasteiger partial charge in [0.25, 0.3) is 0 Å². The molecule has 30 heavy (non-hydrogen) atoms. The van der Waals surface area contributed by atoms with Crippen LogP contribution >= 0.6 is 11.8 Å². The average Bonchev–Trinajstić information content (AvgIpc) is 3.17. The molecule has 2 heterocycles. The third-order valence-electron chi connectivity index (χ3n) is 5.25. The molecule has 2 aromatic rings. The molecule has 0 saturated carbocycles. The molecule has 0 bridgehead atoms. The molecule has 2 atom stereocenters. The zero-order valence-corrected chi connectivity index (χ0v) is 17.1. The van der Waals surface area contributed by atoms with Gasteiger partial charge in [-0.1, -0.05) is 24.3 Å². The predicted molar refractivity (Wildman–Crippen MR) is 115 cm³/mol. The standard InChI is InChI=1S/C22H22FN3O3S/c23-17-8-2-1-5-14(17)11-19-22(29)25-18(13-30-19)21(28)24-15-6-3-7-16(12-15)26-10-4-9-20(26)27/h1-3,5-8,12,18-19H,4,9-11,13H2,(H,24,28)(H,25,29)/t18-,19+/m0/s1. The van der Waals surface area contributed by atoms with E-state index in [0.29, 0.717) is 30.0 Å². The van der Waals surface area contributed by atoms with Crippen LogP contribution in [0.3, 0.4) is 0 Å². The van der Waals surface area contributed by atoms with Gasteiger partial charge in [-0.15, -0.1) is 11.8 Å². The number of carbonyl (C=O) groups is 3. The van der Waals surface area contributed by atoms with E-state index in [-0.39, 0.29) is 30.0 Å². The maximum Gasteiger partial charge on any atom is 0.247 e. The van der Waals surface area contributed by atoms with Gasteiger partial charge in [0.15, 0.2) is 0 Å². The molecule has 0 spiro atoms. The minimum atomic E-state index is -0.670. The van der Waals surface area contributed by atoms with Gasteiger partial charge in [0.05, 0.1) is 5.25 Å². The van der Waals surface area contributed by atoms with Crippen molar-refractivity contribution in [1.29, 1.82) is 0 Å². The summed E-state index contributed by atoms with van der Waals surface area (Å²) >= 11 is 1.35. The summed E-state index contributed by atoms with van der Waals surface area (Å²) in [5.74, 6) is -0.435. The lowest BCUT2D eigenvalue weighted by molar-refractivity contribution is -0.126. The molecule has 0 aromatic heterocycles. The number of nitrogens with one attached hydrogen (secondary N) is 2. The average molecular weight is 428 g/mol. The van der Waals surface area contributed by atoms with Crippen LogP contribution in [0.2, 0.25) is 0 Å².